The third kappa shape index (κ3) is 4.32. The van der Waals surface area contributed by atoms with Crippen LogP contribution in [-0.4, -0.2) is 78.3 Å². The zero-order valence-electron chi connectivity index (χ0n) is 16.9. The number of benzene rings is 1. The Balaban J connectivity index is 1.83. The van der Waals surface area contributed by atoms with Gasteiger partial charge < -0.3 is 14.7 Å². The van der Waals surface area contributed by atoms with Crippen LogP contribution in [-0.2, 0) is 9.59 Å². The molecule has 2 fully saturated rings. The largest absolute Gasteiger partial charge is 0.341 e. The Kier molecular flexibility index (Phi) is 6.48. The molecule has 2 aliphatic heterocycles. The summed E-state index contributed by atoms with van der Waals surface area (Å²) in [5.41, 5.74) is 2.45. The topological polar surface area (TPSA) is 43.9 Å². The second-order valence-electron chi connectivity index (χ2n) is 7.95. The molecule has 0 saturated carbocycles. The van der Waals surface area contributed by atoms with E-state index in [2.05, 4.69) is 36.9 Å². The van der Waals surface area contributed by atoms with Gasteiger partial charge in [-0.15, -0.1) is 0 Å². The fourth-order valence-electron chi connectivity index (χ4n) is 4.46. The molecule has 1 aromatic carbocycles. The molecule has 3 atom stereocenters. The molecule has 0 spiro atoms. The summed E-state index contributed by atoms with van der Waals surface area (Å²) in [5, 5.41) is 0. The van der Waals surface area contributed by atoms with Gasteiger partial charge in [0.15, 0.2) is 0 Å². The molecule has 2 aliphatic rings. The summed E-state index contributed by atoms with van der Waals surface area (Å²) in [7, 11) is 3.87. The summed E-state index contributed by atoms with van der Waals surface area (Å²) in [4.78, 5) is 31.5. The molecule has 3 rings (SSSR count). The van der Waals surface area contributed by atoms with Gasteiger partial charge >= 0.3 is 0 Å². The second kappa shape index (κ2) is 8.65. The van der Waals surface area contributed by atoms with E-state index in [1.807, 2.05) is 30.0 Å². The van der Waals surface area contributed by atoms with Crippen molar-refractivity contribution in [2.75, 3.05) is 51.8 Å². The van der Waals surface area contributed by atoms with E-state index in [1.165, 1.54) is 11.1 Å². The number of rotatable bonds is 6. The summed E-state index contributed by atoms with van der Waals surface area (Å²) in [5.74, 6) is 2.65. The molecule has 6 heteroatoms. The van der Waals surface area contributed by atoms with Gasteiger partial charge in [0, 0.05) is 31.5 Å². The van der Waals surface area contributed by atoms with E-state index >= 15 is 0 Å². The van der Waals surface area contributed by atoms with E-state index < -0.39 is 0 Å². The normalized spacial score (nSPS) is 24.6. The van der Waals surface area contributed by atoms with Gasteiger partial charge in [0.25, 0.3) is 0 Å². The van der Waals surface area contributed by atoms with Gasteiger partial charge in [0.2, 0.25) is 11.8 Å². The van der Waals surface area contributed by atoms with Crippen LogP contribution in [0.1, 0.15) is 24.1 Å². The quantitative estimate of drug-likeness (QED) is 0.749. The minimum atomic E-state index is 0.0697. The van der Waals surface area contributed by atoms with Crippen LogP contribution in [0.15, 0.2) is 24.3 Å². The van der Waals surface area contributed by atoms with Gasteiger partial charge in [-0.3, -0.25) is 9.59 Å². The Morgan fingerprint density at radius 3 is 2.56 bits per heavy atom. The van der Waals surface area contributed by atoms with Crippen LogP contribution < -0.4 is 0 Å². The molecule has 0 N–H and O–H groups in total. The number of amides is 2. The lowest BCUT2D eigenvalue weighted by atomic mass is 9.87. The number of likely N-dealkylation sites (tertiary alicyclic amines) is 2. The summed E-state index contributed by atoms with van der Waals surface area (Å²) in [6.45, 7) is 6.92. The van der Waals surface area contributed by atoms with E-state index in [1.54, 1.807) is 11.8 Å². The SMILES string of the molecule is CCSCC(=O)N1C[C@@H]2CN(C(=O)CN(C)C)[C@@H](c3ccccc3C)[C@@H]2C1. The number of carbonyl (C=O) groups excluding carboxylic acids is 2. The lowest BCUT2D eigenvalue weighted by molar-refractivity contribution is -0.133. The third-order valence-corrected chi connectivity index (χ3v) is 6.58. The fraction of sp³-hybridized carbons (Fsp3) is 0.619. The first-order valence-corrected chi connectivity index (χ1v) is 10.9. The van der Waals surface area contributed by atoms with Crippen molar-refractivity contribution in [1.29, 1.82) is 0 Å². The standard InChI is InChI=1S/C21H31N3O2S/c1-5-27-14-20(26)23-10-16-11-24(19(25)13-22(3)4)21(18(16)12-23)17-9-7-6-8-15(17)2/h6-9,16,18,21H,5,10-14H2,1-4H3/t16-,18-,21+/m1/s1. The Hall–Kier alpha value is -1.53. The van der Waals surface area contributed by atoms with Crippen LogP contribution in [0.3, 0.4) is 0 Å². The number of nitrogens with zero attached hydrogens (tertiary/aromatic N) is 3. The molecular formula is C21H31N3O2S. The van der Waals surface area contributed by atoms with Crippen molar-refractivity contribution >= 4 is 23.6 Å². The molecular weight excluding hydrogens is 358 g/mol. The van der Waals surface area contributed by atoms with E-state index in [-0.39, 0.29) is 17.9 Å². The van der Waals surface area contributed by atoms with Crippen molar-refractivity contribution in [2.45, 2.75) is 19.9 Å². The molecule has 2 saturated heterocycles. The number of likely N-dealkylation sites (N-methyl/N-ethyl adjacent to an activating group) is 1. The minimum absolute atomic E-state index is 0.0697. The Morgan fingerprint density at radius 2 is 1.89 bits per heavy atom. The highest BCUT2D eigenvalue weighted by molar-refractivity contribution is 7.99. The minimum Gasteiger partial charge on any atom is -0.341 e. The molecule has 5 nitrogen and oxygen atoms in total. The van der Waals surface area contributed by atoms with E-state index in [0.717, 1.165) is 25.4 Å². The van der Waals surface area contributed by atoms with Crippen LogP contribution in [0.4, 0.5) is 0 Å². The average Bonchev–Trinajstić information content (AvgIpc) is 3.17. The van der Waals surface area contributed by atoms with Gasteiger partial charge in [-0.05, 0) is 37.9 Å². The Labute approximate surface area is 167 Å². The molecule has 0 unspecified atom stereocenters. The van der Waals surface area contributed by atoms with Crippen molar-refractivity contribution in [3.05, 3.63) is 35.4 Å². The molecule has 2 heterocycles. The zero-order valence-corrected chi connectivity index (χ0v) is 17.7. The van der Waals surface area contributed by atoms with Crippen molar-refractivity contribution in [3.63, 3.8) is 0 Å². The van der Waals surface area contributed by atoms with Crippen LogP contribution in [0.5, 0.6) is 0 Å². The lowest BCUT2D eigenvalue weighted by Crippen LogP contribution is -2.41. The van der Waals surface area contributed by atoms with Gasteiger partial charge in [0.05, 0.1) is 18.3 Å². The number of fused-ring (bicyclic) bond motifs is 1. The number of carbonyl (C=O) groups is 2. The van der Waals surface area contributed by atoms with Gasteiger partial charge in [-0.2, -0.15) is 11.8 Å². The van der Waals surface area contributed by atoms with Gasteiger partial charge in [-0.1, -0.05) is 31.2 Å². The lowest BCUT2D eigenvalue weighted by Gasteiger charge is -2.31. The monoisotopic (exact) mass is 389 g/mol. The summed E-state index contributed by atoms with van der Waals surface area (Å²) < 4.78 is 0. The first-order valence-electron chi connectivity index (χ1n) is 9.77. The summed E-state index contributed by atoms with van der Waals surface area (Å²) in [6.07, 6.45) is 0. The fourth-order valence-corrected chi connectivity index (χ4v) is 5.03. The first kappa shape index (κ1) is 20.2. The average molecular weight is 390 g/mol. The molecule has 0 aromatic heterocycles. The smallest absolute Gasteiger partial charge is 0.237 e. The van der Waals surface area contributed by atoms with Crippen molar-refractivity contribution in [1.82, 2.24) is 14.7 Å². The molecule has 27 heavy (non-hydrogen) atoms. The van der Waals surface area contributed by atoms with Gasteiger partial charge in [-0.25, -0.2) is 0 Å². The van der Waals surface area contributed by atoms with E-state index in [9.17, 15) is 9.59 Å². The summed E-state index contributed by atoms with van der Waals surface area (Å²) in [6, 6.07) is 8.44. The maximum absolute atomic E-state index is 12.9. The van der Waals surface area contributed by atoms with Crippen molar-refractivity contribution in [2.24, 2.45) is 11.8 Å². The number of hydrogen-bond acceptors (Lipinski definition) is 4. The molecule has 0 radical (unpaired) electrons. The molecule has 148 valence electrons. The number of aryl methyl sites for hydroxylation is 1. The third-order valence-electron chi connectivity index (χ3n) is 5.73. The van der Waals surface area contributed by atoms with Crippen molar-refractivity contribution < 1.29 is 9.59 Å². The van der Waals surface area contributed by atoms with Crippen LogP contribution in [0.25, 0.3) is 0 Å². The van der Waals surface area contributed by atoms with Crippen LogP contribution in [0.2, 0.25) is 0 Å². The predicted octanol–water partition coefficient (Wildman–Crippen LogP) is 2.27. The van der Waals surface area contributed by atoms with Crippen LogP contribution in [0, 0.1) is 18.8 Å². The van der Waals surface area contributed by atoms with E-state index in [4.69, 9.17) is 0 Å². The Bertz CT molecular complexity index is 694. The maximum Gasteiger partial charge on any atom is 0.237 e. The molecule has 0 aliphatic carbocycles. The second-order valence-corrected chi connectivity index (χ2v) is 9.22. The number of thioether (sulfide) groups is 1. The molecule has 0 bridgehead atoms. The molecule has 1 aromatic rings. The van der Waals surface area contributed by atoms with Gasteiger partial charge in [0.1, 0.15) is 0 Å². The first-order chi connectivity index (χ1) is 12.9. The van der Waals surface area contributed by atoms with E-state index in [0.29, 0.717) is 24.1 Å². The molecule has 2 amide bonds. The number of hydrogen-bond donors (Lipinski definition) is 0. The van der Waals surface area contributed by atoms with Crippen molar-refractivity contribution in [3.8, 4) is 0 Å². The Morgan fingerprint density at radius 1 is 1.15 bits per heavy atom. The predicted molar refractivity (Wildman–Crippen MR) is 111 cm³/mol. The highest BCUT2D eigenvalue weighted by Gasteiger charge is 2.50. The zero-order chi connectivity index (χ0) is 19.6. The maximum atomic E-state index is 12.9. The van der Waals surface area contributed by atoms with Crippen LogP contribution >= 0.6 is 11.8 Å². The summed E-state index contributed by atoms with van der Waals surface area (Å²) >= 11 is 1.68. The highest BCUT2D eigenvalue weighted by Crippen LogP contribution is 2.45. The highest BCUT2D eigenvalue weighted by atomic mass is 32.2.